The molecule has 10 heteroatoms. The molecule has 1 aromatic carbocycles. The van der Waals surface area contributed by atoms with Gasteiger partial charge in [0.05, 0.1) is 28.9 Å². The second-order valence-corrected chi connectivity index (χ2v) is 9.31. The largest absolute Gasteiger partial charge is 0.437 e. The fraction of sp³-hybridized carbons (Fsp3) is 0.182. The molecule has 6 rings (SSSR count). The van der Waals surface area contributed by atoms with Crippen molar-refractivity contribution in [1.29, 1.82) is 0 Å². The normalized spacial score (nSPS) is 18.2. The Kier molecular flexibility index (Phi) is 4.29. The number of furan rings is 1. The van der Waals surface area contributed by atoms with Gasteiger partial charge in [0.15, 0.2) is 0 Å². The molecule has 1 aliphatic heterocycles. The SMILES string of the molecule is Cn1cc(-c2cc3c(-c4cn(C5CS(=O)C5)nc4-c4ccc(F)cc4)ncnc3o2)cn1. The van der Waals surface area contributed by atoms with Crippen LogP contribution in [0, 0.1) is 5.82 Å². The molecule has 1 saturated heterocycles. The van der Waals surface area contributed by atoms with E-state index in [0.29, 0.717) is 34.4 Å². The average Bonchev–Trinajstić information content (AvgIpc) is 3.49. The predicted octanol–water partition coefficient (Wildman–Crippen LogP) is 3.60. The molecule has 5 heterocycles. The summed E-state index contributed by atoms with van der Waals surface area (Å²) >= 11 is 0. The van der Waals surface area contributed by atoms with Crippen molar-refractivity contribution >= 4 is 21.9 Å². The molecule has 1 fully saturated rings. The van der Waals surface area contributed by atoms with E-state index in [1.807, 2.05) is 30.2 Å². The maximum Gasteiger partial charge on any atom is 0.230 e. The average molecular weight is 448 g/mol. The monoisotopic (exact) mass is 448 g/mol. The Morgan fingerprint density at radius 3 is 2.62 bits per heavy atom. The number of nitrogens with zero attached hydrogens (tertiary/aromatic N) is 6. The smallest absolute Gasteiger partial charge is 0.230 e. The number of benzene rings is 1. The zero-order valence-corrected chi connectivity index (χ0v) is 17.8. The van der Waals surface area contributed by atoms with E-state index in [2.05, 4.69) is 15.1 Å². The molecule has 160 valence electrons. The Balaban J connectivity index is 1.53. The number of fused-ring (bicyclic) bond motifs is 1. The lowest BCUT2D eigenvalue weighted by molar-refractivity contribution is 0.507. The van der Waals surface area contributed by atoms with Crippen LogP contribution in [0.2, 0.25) is 0 Å². The molecule has 5 aromatic rings. The van der Waals surface area contributed by atoms with Crippen LogP contribution >= 0.6 is 0 Å². The highest BCUT2D eigenvalue weighted by molar-refractivity contribution is 7.86. The number of hydrogen-bond donors (Lipinski definition) is 0. The quantitative estimate of drug-likeness (QED) is 0.417. The molecule has 0 radical (unpaired) electrons. The molecule has 4 aromatic heterocycles. The van der Waals surface area contributed by atoms with Crippen LogP contribution in [0.4, 0.5) is 4.39 Å². The number of aromatic nitrogens is 6. The van der Waals surface area contributed by atoms with Crippen LogP contribution in [0.25, 0.3) is 44.9 Å². The molecule has 0 aliphatic carbocycles. The second kappa shape index (κ2) is 7.20. The summed E-state index contributed by atoms with van der Waals surface area (Å²) < 4.78 is 34.7. The molecule has 0 bridgehead atoms. The van der Waals surface area contributed by atoms with E-state index in [0.717, 1.165) is 22.1 Å². The number of rotatable bonds is 4. The fourth-order valence-electron chi connectivity index (χ4n) is 3.87. The molecule has 0 amide bonds. The van der Waals surface area contributed by atoms with Crippen molar-refractivity contribution in [3.05, 3.63) is 61.1 Å². The summed E-state index contributed by atoms with van der Waals surface area (Å²) in [5, 5.41) is 9.72. The topological polar surface area (TPSA) is 91.6 Å². The van der Waals surface area contributed by atoms with Gasteiger partial charge in [-0.25, -0.2) is 14.4 Å². The van der Waals surface area contributed by atoms with Crippen LogP contribution in [0.5, 0.6) is 0 Å². The molecule has 0 unspecified atom stereocenters. The highest BCUT2D eigenvalue weighted by Gasteiger charge is 2.30. The summed E-state index contributed by atoms with van der Waals surface area (Å²) in [6.07, 6.45) is 6.96. The number of halogens is 1. The molecule has 0 atom stereocenters. The van der Waals surface area contributed by atoms with Crippen LogP contribution in [0.3, 0.4) is 0 Å². The van der Waals surface area contributed by atoms with Gasteiger partial charge in [-0.15, -0.1) is 0 Å². The minimum Gasteiger partial charge on any atom is -0.437 e. The van der Waals surface area contributed by atoms with Crippen molar-refractivity contribution < 1.29 is 13.0 Å². The highest BCUT2D eigenvalue weighted by Crippen LogP contribution is 2.37. The van der Waals surface area contributed by atoms with Crippen LogP contribution in [0.15, 0.2) is 59.7 Å². The lowest BCUT2D eigenvalue weighted by Gasteiger charge is -2.24. The first-order chi connectivity index (χ1) is 15.5. The minimum atomic E-state index is -0.809. The lowest BCUT2D eigenvalue weighted by Crippen LogP contribution is -2.33. The summed E-state index contributed by atoms with van der Waals surface area (Å²) in [5.41, 5.74) is 4.18. The first-order valence-electron chi connectivity index (χ1n) is 9.99. The van der Waals surface area contributed by atoms with Gasteiger partial charge in [-0.05, 0) is 30.3 Å². The molecular formula is C22H17FN6O2S. The molecular weight excluding hydrogens is 431 g/mol. The fourth-order valence-corrected chi connectivity index (χ4v) is 4.93. The van der Waals surface area contributed by atoms with E-state index in [-0.39, 0.29) is 11.9 Å². The number of aryl methyl sites for hydroxylation is 1. The summed E-state index contributed by atoms with van der Waals surface area (Å²) in [6, 6.07) is 8.16. The highest BCUT2D eigenvalue weighted by atomic mass is 32.2. The first kappa shape index (κ1) is 19.1. The standard InChI is InChI=1S/C22H17FN6O2S/c1-28-8-14(7-26-28)19-6-17-21(24-12-25-22(17)31-19)18-9-29(16-10-32(30)11-16)27-20(18)13-2-4-15(23)5-3-13/h2-9,12,16H,10-11H2,1H3. The van der Waals surface area contributed by atoms with E-state index in [1.54, 1.807) is 23.0 Å². The van der Waals surface area contributed by atoms with E-state index in [9.17, 15) is 8.60 Å². The second-order valence-electron chi connectivity index (χ2n) is 7.76. The first-order valence-corrected chi connectivity index (χ1v) is 11.5. The summed E-state index contributed by atoms with van der Waals surface area (Å²) in [7, 11) is 1.03. The van der Waals surface area contributed by atoms with Gasteiger partial charge in [-0.1, -0.05) is 0 Å². The zero-order chi connectivity index (χ0) is 21.8. The Hall–Kier alpha value is -3.66. The van der Waals surface area contributed by atoms with Crippen molar-refractivity contribution in [2.24, 2.45) is 7.05 Å². The van der Waals surface area contributed by atoms with Gasteiger partial charge in [0.2, 0.25) is 5.71 Å². The van der Waals surface area contributed by atoms with Crippen molar-refractivity contribution in [2.45, 2.75) is 6.04 Å². The third kappa shape index (κ3) is 3.14. The van der Waals surface area contributed by atoms with Gasteiger partial charge in [0.1, 0.15) is 23.6 Å². The van der Waals surface area contributed by atoms with Crippen LogP contribution in [-0.4, -0.2) is 45.2 Å². The van der Waals surface area contributed by atoms with E-state index < -0.39 is 10.8 Å². The Morgan fingerprint density at radius 2 is 1.91 bits per heavy atom. The maximum atomic E-state index is 13.5. The van der Waals surface area contributed by atoms with Crippen molar-refractivity contribution in [3.63, 3.8) is 0 Å². The van der Waals surface area contributed by atoms with Gasteiger partial charge >= 0.3 is 0 Å². The Labute approximate surface area is 184 Å². The third-order valence-corrected chi connectivity index (χ3v) is 7.07. The van der Waals surface area contributed by atoms with Gasteiger partial charge < -0.3 is 4.42 Å². The zero-order valence-electron chi connectivity index (χ0n) is 17.0. The minimum absolute atomic E-state index is 0.0661. The molecule has 0 saturated carbocycles. The Bertz CT molecular complexity index is 1480. The molecule has 32 heavy (non-hydrogen) atoms. The molecule has 0 N–H and O–H groups in total. The van der Waals surface area contributed by atoms with Crippen LogP contribution in [-0.2, 0) is 17.8 Å². The number of hydrogen-bond acceptors (Lipinski definition) is 6. The predicted molar refractivity (Wildman–Crippen MR) is 118 cm³/mol. The van der Waals surface area contributed by atoms with Crippen LogP contribution in [0.1, 0.15) is 6.04 Å². The van der Waals surface area contributed by atoms with Gasteiger partial charge in [0.25, 0.3) is 0 Å². The maximum absolute atomic E-state index is 13.5. The van der Waals surface area contributed by atoms with Crippen molar-refractivity contribution in [1.82, 2.24) is 29.5 Å². The van der Waals surface area contributed by atoms with E-state index in [1.165, 1.54) is 18.5 Å². The van der Waals surface area contributed by atoms with Gasteiger partial charge in [-0.2, -0.15) is 10.2 Å². The van der Waals surface area contributed by atoms with Crippen molar-refractivity contribution in [3.8, 4) is 33.8 Å². The molecule has 0 spiro atoms. The lowest BCUT2D eigenvalue weighted by atomic mass is 10.0. The molecule has 1 aliphatic rings. The van der Waals surface area contributed by atoms with Crippen molar-refractivity contribution in [2.75, 3.05) is 11.5 Å². The summed E-state index contributed by atoms with van der Waals surface area (Å²) in [4.78, 5) is 8.84. The summed E-state index contributed by atoms with van der Waals surface area (Å²) in [5.74, 6) is 1.46. The van der Waals surface area contributed by atoms with Gasteiger partial charge in [-0.3, -0.25) is 13.6 Å². The van der Waals surface area contributed by atoms with Gasteiger partial charge in [0, 0.05) is 52.9 Å². The van der Waals surface area contributed by atoms with E-state index in [4.69, 9.17) is 9.52 Å². The summed E-state index contributed by atoms with van der Waals surface area (Å²) in [6.45, 7) is 0. The van der Waals surface area contributed by atoms with Crippen LogP contribution < -0.4 is 0 Å². The molecule has 8 nitrogen and oxygen atoms in total. The van der Waals surface area contributed by atoms with E-state index >= 15 is 0 Å². The Morgan fingerprint density at radius 1 is 1.09 bits per heavy atom. The third-order valence-electron chi connectivity index (χ3n) is 5.55.